The summed E-state index contributed by atoms with van der Waals surface area (Å²) < 4.78 is 0. The number of amides is 2. The number of nitrogens with one attached hydrogen (secondary N) is 1. The summed E-state index contributed by atoms with van der Waals surface area (Å²) in [4.78, 5) is 20.6. The zero-order valence-corrected chi connectivity index (χ0v) is 15.2. The number of hydrogen-bond acceptors (Lipinski definition) is 4. The molecule has 4 rings (SSSR count). The number of hydrogen-bond donors (Lipinski definition) is 1. The number of piperazine rings is 1. The Morgan fingerprint density at radius 1 is 1.04 bits per heavy atom. The van der Waals surface area contributed by atoms with Crippen LogP contribution in [0.3, 0.4) is 0 Å². The first-order valence-electron chi connectivity index (χ1n) is 8.63. The van der Waals surface area contributed by atoms with Crippen LogP contribution in [-0.4, -0.2) is 42.1 Å². The highest BCUT2D eigenvalue weighted by atomic mass is 32.1. The lowest BCUT2D eigenvalue weighted by Crippen LogP contribution is -2.50. The molecule has 0 saturated carbocycles. The summed E-state index contributed by atoms with van der Waals surface area (Å²) >= 11 is 1.71. The van der Waals surface area contributed by atoms with E-state index < -0.39 is 0 Å². The third-order valence-electron chi connectivity index (χ3n) is 4.55. The van der Waals surface area contributed by atoms with Crippen LogP contribution in [0, 0.1) is 0 Å². The smallest absolute Gasteiger partial charge is 0.322 e. The predicted molar refractivity (Wildman–Crippen MR) is 107 cm³/mol. The molecule has 1 saturated heterocycles. The zero-order valence-electron chi connectivity index (χ0n) is 14.3. The number of rotatable bonds is 3. The van der Waals surface area contributed by atoms with E-state index in [1.165, 1.54) is 16.8 Å². The SMILES string of the molecule is O=C(Nc1cccnc1)N1CCN(c2cccc(-c3ccsc3)c2)CC1. The highest BCUT2D eigenvalue weighted by molar-refractivity contribution is 7.08. The fourth-order valence-corrected chi connectivity index (χ4v) is 3.78. The molecule has 0 unspecified atom stereocenters. The summed E-state index contributed by atoms with van der Waals surface area (Å²) in [6, 6.07) is 14.3. The molecule has 2 amide bonds. The van der Waals surface area contributed by atoms with E-state index in [9.17, 15) is 4.79 Å². The van der Waals surface area contributed by atoms with E-state index >= 15 is 0 Å². The van der Waals surface area contributed by atoms with E-state index in [-0.39, 0.29) is 6.03 Å². The predicted octanol–water partition coefficient (Wildman–Crippen LogP) is 4.16. The fourth-order valence-electron chi connectivity index (χ4n) is 3.12. The van der Waals surface area contributed by atoms with Gasteiger partial charge in [0.2, 0.25) is 0 Å². The topological polar surface area (TPSA) is 48.5 Å². The van der Waals surface area contributed by atoms with Gasteiger partial charge in [-0.05, 0) is 52.2 Å². The lowest BCUT2D eigenvalue weighted by atomic mass is 10.1. The molecule has 1 aliphatic heterocycles. The highest BCUT2D eigenvalue weighted by Gasteiger charge is 2.21. The van der Waals surface area contributed by atoms with Crippen LogP contribution in [0.2, 0.25) is 0 Å². The Balaban J connectivity index is 1.38. The van der Waals surface area contributed by atoms with Gasteiger partial charge in [0.1, 0.15) is 0 Å². The van der Waals surface area contributed by atoms with Gasteiger partial charge in [0, 0.05) is 38.1 Å². The quantitative estimate of drug-likeness (QED) is 0.759. The minimum Gasteiger partial charge on any atom is -0.368 e. The average molecular weight is 364 g/mol. The van der Waals surface area contributed by atoms with Gasteiger partial charge in [0.05, 0.1) is 11.9 Å². The number of thiophene rings is 1. The third-order valence-corrected chi connectivity index (χ3v) is 5.23. The van der Waals surface area contributed by atoms with Gasteiger partial charge in [-0.2, -0.15) is 11.3 Å². The minimum absolute atomic E-state index is 0.0651. The lowest BCUT2D eigenvalue weighted by Gasteiger charge is -2.36. The van der Waals surface area contributed by atoms with Crippen molar-refractivity contribution < 1.29 is 4.79 Å². The fraction of sp³-hybridized carbons (Fsp3) is 0.200. The van der Waals surface area contributed by atoms with E-state index in [4.69, 9.17) is 0 Å². The van der Waals surface area contributed by atoms with E-state index in [1.54, 1.807) is 23.7 Å². The van der Waals surface area contributed by atoms with Crippen molar-refractivity contribution in [2.75, 3.05) is 36.4 Å². The van der Waals surface area contributed by atoms with Gasteiger partial charge < -0.3 is 15.1 Å². The van der Waals surface area contributed by atoms with E-state index in [1.807, 2.05) is 17.0 Å². The molecule has 1 fully saturated rings. The third kappa shape index (κ3) is 3.70. The number of aromatic nitrogens is 1. The number of urea groups is 1. The second-order valence-electron chi connectivity index (χ2n) is 6.21. The molecule has 1 aromatic carbocycles. The summed E-state index contributed by atoms with van der Waals surface area (Å²) in [6.07, 6.45) is 3.35. The number of pyridine rings is 1. The molecule has 0 spiro atoms. The van der Waals surface area contributed by atoms with Gasteiger partial charge in [-0.3, -0.25) is 4.98 Å². The van der Waals surface area contributed by atoms with Crippen molar-refractivity contribution in [2.24, 2.45) is 0 Å². The highest BCUT2D eigenvalue weighted by Crippen LogP contribution is 2.27. The van der Waals surface area contributed by atoms with Gasteiger partial charge in [-0.25, -0.2) is 4.79 Å². The molecule has 26 heavy (non-hydrogen) atoms. The van der Waals surface area contributed by atoms with Gasteiger partial charge in [-0.1, -0.05) is 12.1 Å². The van der Waals surface area contributed by atoms with Crippen LogP contribution in [0.4, 0.5) is 16.2 Å². The van der Waals surface area contributed by atoms with Crippen molar-refractivity contribution in [1.29, 1.82) is 0 Å². The number of carbonyl (C=O) groups is 1. The molecule has 2 aromatic heterocycles. The number of anilines is 2. The maximum absolute atomic E-state index is 12.4. The Hall–Kier alpha value is -2.86. The van der Waals surface area contributed by atoms with Crippen molar-refractivity contribution >= 4 is 28.7 Å². The van der Waals surface area contributed by atoms with E-state index in [2.05, 4.69) is 56.3 Å². The maximum Gasteiger partial charge on any atom is 0.322 e. The summed E-state index contributed by atoms with van der Waals surface area (Å²) in [5.41, 5.74) is 4.43. The maximum atomic E-state index is 12.4. The largest absolute Gasteiger partial charge is 0.368 e. The van der Waals surface area contributed by atoms with Crippen LogP contribution in [0.15, 0.2) is 65.6 Å². The molecule has 0 radical (unpaired) electrons. The molecule has 6 heteroatoms. The van der Waals surface area contributed by atoms with E-state index in [0.29, 0.717) is 13.1 Å². The van der Waals surface area contributed by atoms with Crippen molar-refractivity contribution in [3.8, 4) is 11.1 Å². The lowest BCUT2D eigenvalue weighted by molar-refractivity contribution is 0.208. The van der Waals surface area contributed by atoms with Gasteiger partial charge in [0.25, 0.3) is 0 Å². The normalized spacial score (nSPS) is 14.3. The Labute approximate surface area is 156 Å². The van der Waals surface area contributed by atoms with Crippen LogP contribution in [0.25, 0.3) is 11.1 Å². The molecular weight excluding hydrogens is 344 g/mol. The second-order valence-corrected chi connectivity index (χ2v) is 6.99. The molecule has 3 aromatic rings. The number of nitrogens with zero attached hydrogens (tertiary/aromatic N) is 3. The summed E-state index contributed by atoms with van der Waals surface area (Å²) in [6.45, 7) is 3.06. The van der Waals surface area contributed by atoms with Crippen molar-refractivity contribution in [2.45, 2.75) is 0 Å². The Morgan fingerprint density at radius 3 is 2.65 bits per heavy atom. The molecule has 5 nitrogen and oxygen atoms in total. The zero-order chi connectivity index (χ0) is 17.8. The second kappa shape index (κ2) is 7.58. The standard InChI is InChI=1S/C20H20N4OS/c25-20(22-18-4-2-7-21-14-18)24-10-8-23(9-11-24)19-5-1-3-16(13-19)17-6-12-26-15-17/h1-7,12-15H,8-11H2,(H,22,25). The van der Waals surface area contributed by atoms with Crippen LogP contribution >= 0.6 is 11.3 Å². The Kier molecular flexibility index (Phi) is 4.84. The van der Waals surface area contributed by atoms with Crippen molar-refractivity contribution in [3.05, 3.63) is 65.6 Å². The molecule has 132 valence electrons. The van der Waals surface area contributed by atoms with Crippen LogP contribution in [-0.2, 0) is 0 Å². The average Bonchev–Trinajstić information content (AvgIpc) is 3.24. The minimum atomic E-state index is -0.0651. The molecular formula is C20H20N4OS. The molecule has 0 bridgehead atoms. The molecule has 1 aliphatic rings. The number of benzene rings is 1. The van der Waals surface area contributed by atoms with E-state index in [0.717, 1.165) is 18.8 Å². The first-order chi connectivity index (χ1) is 12.8. The van der Waals surface area contributed by atoms with Crippen LogP contribution in [0.5, 0.6) is 0 Å². The number of carbonyl (C=O) groups excluding carboxylic acids is 1. The molecule has 1 N–H and O–H groups in total. The first-order valence-corrected chi connectivity index (χ1v) is 9.57. The molecule has 0 atom stereocenters. The summed E-state index contributed by atoms with van der Waals surface area (Å²) in [5.74, 6) is 0. The van der Waals surface area contributed by atoms with Gasteiger partial charge in [0.15, 0.2) is 0 Å². The van der Waals surface area contributed by atoms with Crippen LogP contribution in [0.1, 0.15) is 0 Å². The summed E-state index contributed by atoms with van der Waals surface area (Å²) in [5, 5.41) is 7.17. The monoisotopic (exact) mass is 364 g/mol. The van der Waals surface area contributed by atoms with Crippen molar-refractivity contribution in [1.82, 2.24) is 9.88 Å². The summed E-state index contributed by atoms with van der Waals surface area (Å²) in [7, 11) is 0. The Bertz CT molecular complexity index is 859. The molecule has 0 aliphatic carbocycles. The van der Waals surface area contributed by atoms with Crippen molar-refractivity contribution in [3.63, 3.8) is 0 Å². The van der Waals surface area contributed by atoms with Crippen LogP contribution < -0.4 is 10.2 Å². The van der Waals surface area contributed by atoms with Gasteiger partial charge >= 0.3 is 6.03 Å². The Morgan fingerprint density at radius 2 is 1.92 bits per heavy atom. The molecule has 3 heterocycles. The first kappa shape index (κ1) is 16.6. The van der Waals surface area contributed by atoms with Gasteiger partial charge in [-0.15, -0.1) is 0 Å².